The van der Waals surface area contributed by atoms with Crippen LogP contribution in [0.4, 0.5) is 8.78 Å². The minimum Gasteiger partial charge on any atom is -0.503 e. The molecule has 0 aliphatic heterocycles. The predicted octanol–water partition coefficient (Wildman–Crippen LogP) is 1.99. The van der Waals surface area contributed by atoms with Crippen molar-refractivity contribution in [1.82, 2.24) is 15.5 Å². The molecule has 18 heavy (non-hydrogen) atoms. The molecule has 2 aromatic rings. The third-order valence-electron chi connectivity index (χ3n) is 2.66. The smallest absolute Gasteiger partial charge is 0.187 e. The van der Waals surface area contributed by atoms with Gasteiger partial charge in [0.05, 0.1) is 6.20 Å². The molecule has 3 N–H and O–H groups in total. The Bertz CT molecular complexity index is 531. The molecule has 1 heterocycles. The van der Waals surface area contributed by atoms with Crippen molar-refractivity contribution >= 4 is 0 Å². The molecule has 4 nitrogen and oxygen atoms in total. The molecule has 0 aliphatic carbocycles. The molecule has 96 valence electrons. The number of hydrogen-bond acceptors (Lipinski definition) is 3. The van der Waals surface area contributed by atoms with Gasteiger partial charge in [0.1, 0.15) is 0 Å². The van der Waals surface area contributed by atoms with E-state index in [4.69, 9.17) is 5.11 Å². The average Bonchev–Trinajstić information content (AvgIpc) is 2.72. The molecule has 0 radical (unpaired) electrons. The van der Waals surface area contributed by atoms with E-state index in [1.54, 1.807) is 6.20 Å². The summed E-state index contributed by atoms with van der Waals surface area (Å²) in [5.41, 5.74) is 2.38. The summed E-state index contributed by atoms with van der Waals surface area (Å²) in [5, 5.41) is 18.7. The van der Waals surface area contributed by atoms with Crippen molar-refractivity contribution in [2.75, 3.05) is 0 Å². The Labute approximate surface area is 103 Å². The Kier molecular flexibility index (Phi) is 3.57. The van der Waals surface area contributed by atoms with E-state index in [-0.39, 0.29) is 0 Å². The van der Waals surface area contributed by atoms with E-state index in [0.29, 0.717) is 18.7 Å². The molecule has 6 heteroatoms. The molecule has 0 bridgehead atoms. The zero-order valence-electron chi connectivity index (χ0n) is 9.80. The summed E-state index contributed by atoms with van der Waals surface area (Å²) in [5.74, 6) is -2.85. The number of phenols is 1. The SMILES string of the molecule is Cc1[nH]ncc1CNCc1cc(F)c(O)c(F)c1. The highest BCUT2D eigenvalue weighted by Gasteiger charge is 2.09. The second-order valence-electron chi connectivity index (χ2n) is 4.03. The molecule has 0 saturated carbocycles. The van der Waals surface area contributed by atoms with Gasteiger partial charge in [-0.3, -0.25) is 5.10 Å². The lowest BCUT2D eigenvalue weighted by molar-refractivity contribution is 0.395. The number of aromatic nitrogens is 2. The minimum absolute atomic E-state index is 0.304. The second kappa shape index (κ2) is 5.14. The van der Waals surface area contributed by atoms with E-state index < -0.39 is 17.4 Å². The summed E-state index contributed by atoms with van der Waals surface area (Å²) in [6, 6.07) is 2.21. The number of nitrogens with zero attached hydrogens (tertiary/aromatic N) is 1. The number of aromatic hydroxyl groups is 1. The van der Waals surface area contributed by atoms with Crippen LogP contribution in [0.15, 0.2) is 18.3 Å². The van der Waals surface area contributed by atoms with Gasteiger partial charge in [0.15, 0.2) is 17.4 Å². The van der Waals surface area contributed by atoms with Gasteiger partial charge < -0.3 is 10.4 Å². The maximum atomic E-state index is 13.1. The first kappa shape index (κ1) is 12.5. The van der Waals surface area contributed by atoms with E-state index in [1.807, 2.05) is 6.92 Å². The number of aryl methyl sites for hydroxylation is 1. The fourth-order valence-electron chi connectivity index (χ4n) is 1.62. The van der Waals surface area contributed by atoms with Crippen molar-refractivity contribution in [3.05, 3.63) is 46.8 Å². The van der Waals surface area contributed by atoms with Crippen LogP contribution in [0.2, 0.25) is 0 Å². The van der Waals surface area contributed by atoms with Crippen LogP contribution in [-0.2, 0) is 13.1 Å². The van der Waals surface area contributed by atoms with Crippen LogP contribution in [0.1, 0.15) is 16.8 Å². The Morgan fingerprint density at radius 2 is 1.94 bits per heavy atom. The monoisotopic (exact) mass is 253 g/mol. The van der Waals surface area contributed by atoms with Crippen molar-refractivity contribution in [2.24, 2.45) is 0 Å². The zero-order chi connectivity index (χ0) is 13.1. The molecular weight excluding hydrogens is 240 g/mol. The molecule has 1 aromatic carbocycles. The zero-order valence-corrected chi connectivity index (χ0v) is 9.80. The first-order chi connectivity index (χ1) is 8.58. The third-order valence-corrected chi connectivity index (χ3v) is 2.66. The summed E-state index contributed by atoms with van der Waals surface area (Å²) < 4.78 is 26.1. The molecule has 1 aromatic heterocycles. The van der Waals surface area contributed by atoms with E-state index in [1.165, 1.54) is 0 Å². The Balaban J connectivity index is 1.97. The van der Waals surface area contributed by atoms with Crippen molar-refractivity contribution in [3.8, 4) is 5.75 Å². The standard InChI is InChI=1S/C12H13F2N3O/c1-7-9(6-16-17-7)5-15-4-8-2-10(13)12(18)11(14)3-8/h2-3,6,15,18H,4-5H2,1H3,(H,16,17). The van der Waals surface area contributed by atoms with Crippen LogP contribution in [0.5, 0.6) is 5.75 Å². The van der Waals surface area contributed by atoms with Crippen molar-refractivity contribution < 1.29 is 13.9 Å². The van der Waals surface area contributed by atoms with Crippen molar-refractivity contribution in [3.63, 3.8) is 0 Å². The molecule has 0 amide bonds. The van der Waals surface area contributed by atoms with Gasteiger partial charge >= 0.3 is 0 Å². The van der Waals surface area contributed by atoms with Gasteiger partial charge in [0, 0.05) is 24.3 Å². The molecule has 0 saturated heterocycles. The number of aromatic amines is 1. The second-order valence-corrected chi connectivity index (χ2v) is 4.03. The molecule has 2 rings (SSSR count). The molecule has 0 atom stereocenters. The Morgan fingerprint density at radius 1 is 1.28 bits per heavy atom. The quantitative estimate of drug-likeness (QED) is 0.781. The maximum absolute atomic E-state index is 13.1. The van der Waals surface area contributed by atoms with Gasteiger partial charge in [0.25, 0.3) is 0 Å². The minimum atomic E-state index is -0.953. The number of benzene rings is 1. The van der Waals surface area contributed by atoms with Crippen LogP contribution in [0, 0.1) is 18.6 Å². The molecule has 0 fully saturated rings. The number of halogens is 2. The normalized spacial score (nSPS) is 10.8. The molecule has 0 spiro atoms. The summed E-state index contributed by atoms with van der Waals surface area (Å²) in [4.78, 5) is 0. The van der Waals surface area contributed by atoms with Crippen LogP contribution >= 0.6 is 0 Å². The largest absolute Gasteiger partial charge is 0.503 e. The summed E-state index contributed by atoms with van der Waals surface area (Å²) in [6.45, 7) is 2.75. The van der Waals surface area contributed by atoms with Gasteiger partial charge in [-0.2, -0.15) is 5.10 Å². The van der Waals surface area contributed by atoms with Crippen molar-refractivity contribution in [2.45, 2.75) is 20.0 Å². The first-order valence-corrected chi connectivity index (χ1v) is 5.44. The maximum Gasteiger partial charge on any atom is 0.187 e. The van der Waals surface area contributed by atoms with E-state index in [2.05, 4.69) is 15.5 Å². The topological polar surface area (TPSA) is 60.9 Å². The first-order valence-electron chi connectivity index (χ1n) is 5.44. The average molecular weight is 253 g/mol. The van der Waals surface area contributed by atoms with Crippen LogP contribution in [0.25, 0.3) is 0 Å². The number of rotatable bonds is 4. The van der Waals surface area contributed by atoms with Crippen LogP contribution in [0.3, 0.4) is 0 Å². The fourth-order valence-corrected chi connectivity index (χ4v) is 1.62. The molecule has 0 unspecified atom stereocenters. The summed E-state index contributed by atoms with van der Waals surface area (Å²) in [6.07, 6.45) is 1.69. The Hall–Kier alpha value is -1.95. The highest BCUT2D eigenvalue weighted by Crippen LogP contribution is 2.21. The third kappa shape index (κ3) is 2.65. The van der Waals surface area contributed by atoms with Gasteiger partial charge in [-0.05, 0) is 24.6 Å². The molecular formula is C12H13F2N3O. The fraction of sp³-hybridized carbons (Fsp3) is 0.250. The predicted molar refractivity (Wildman–Crippen MR) is 61.9 cm³/mol. The number of hydrogen-bond donors (Lipinski definition) is 3. The van der Waals surface area contributed by atoms with E-state index >= 15 is 0 Å². The number of H-pyrrole nitrogens is 1. The van der Waals surface area contributed by atoms with Gasteiger partial charge in [0.2, 0.25) is 0 Å². The lowest BCUT2D eigenvalue weighted by Crippen LogP contribution is -2.13. The van der Waals surface area contributed by atoms with Crippen molar-refractivity contribution in [1.29, 1.82) is 0 Å². The molecule has 0 aliphatic rings. The lowest BCUT2D eigenvalue weighted by Gasteiger charge is -2.06. The van der Waals surface area contributed by atoms with E-state index in [0.717, 1.165) is 23.4 Å². The van der Waals surface area contributed by atoms with E-state index in [9.17, 15) is 8.78 Å². The Morgan fingerprint density at radius 3 is 2.50 bits per heavy atom. The van der Waals surface area contributed by atoms with Crippen LogP contribution < -0.4 is 5.32 Å². The summed E-state index contributed by atoms with van der Waals surface area (Å²) >= 11 is 0. The highest BCUT2D eigenvalue weighted by molar-refractivity contribution is 5.30. The van der Waals surface area contributed by atoms with Gasteiger partial charge in [-0.1, -0.05) is 0 Å². The summed E-state index contributed by atoms with van der Waals surface area (Å²) in [7, 11) is 0. The van der Waals surface area contributed by atoms with Gasteiger partial charge in [-0.15, -0.1) is 0 Å². The highest BCUT2D eigenvalue weighted by atomic mass is 19.1. The van der Waals surface area contributed by atoms with Crippen LogP contribution in [-0.4, -0.2) is 15.3 Å². The lowest BCUT2D eigenvalue weighted by atomic mass is 10.2. The number of phenolic OH excluding ortho intramolecular Hbond substituents is 1. The van der Waals surface area contributed by atoms with Gasteiger partial charge in [-0.25, -0.2) is 8.78 Å². The number of nitrogens with one attached hydrogen (secondary N) is 2.